The van der Waals surface area contributed by atoms with Gasteiger partial charge in [0, 0.05) is 49.8 Å². The zero-order chi connectivity index (χ0) is 24.5. The topological polar surface area (TPSA) is 86.2 Å². The Morgan fingerprint density at radius 2 is 1.64 bits per heavy atom. The highest BCUT2D eigenvalue weighted by Crippen LogP contribution is 2.30. The van der Waals surface area contributed by atoms with Crippen molar-refractivity contribution in [3.63, 3.8) is 0 Å². The molecule has 4 heterocycles. The molecule has 36 heavy (non-hydrogen) atoms. The highest BCUT2D eigenvalue weighted by atomic mass is 19.1. The predicted octanol–water partition coefficient (Wildman–Crippen LogP) is 3.74. The minimum Gasteiger partial charge on any atom is -0.369 e. The second kappa shape index (κ2) is 9.71. The van der Waals surface area contributed by atoms with Crippen molar-refractivity contribution in [1.82, 2.24) is 29.7 Å². The van der Waals surface area contributed by atoms with Crippen LogP contribution in [0.3, 0.4) is 0 Å². The zero-order valence-corrected chi connectivity index (χ0v) is 20.3. The maximum atomic E-state index is 13.4. The van der Waals surface area contributed by atoms with Crippen LogP contribution in [0.4, 0.5) is 33.3 Å². The van der Waals surface area contributed by atoms with Crippen LogP contribution in [0.15, 0.2) is 54.7 Å². The van der Waals surface area contributed by atoms with Crippen LogP contribution < -0.4 is 20.9 Å². The van der Waals surface area contributed by atoms with Crippen LogP contribution in [-0.4, -0.2) is 70.7 Å². The quantitative estimate of drug-likeness (QED) is 0.379. The van der Waals surface area contributed by atoms with Crippen molar-refractivity contribution in [1.29, 1.82) is 0 Å². The number of likely N-dealkylation sites (N-methyl/N-ethyl adjacent to an activating group) is 1. The van der Waals surface area contributed by atoms with E-state index in [1.807, 2.05) is 0 Å². The van der Waals surface area contributed by atoms with Crippen LogP contribution in [0.1, 0.15) is 12.5 Å². The number of fused-ring (bicyclic) bond motifs is 1. The first-order chi connectivity index (χ1) is 17.6. The molecule has 9 nitrogen and oxygen atoms in total. The molecule has 2 aromatic carbocycles. The van der Waals surface area contributed by atoms with E-state index >= 15 is 0 Å². The average Bonchev–Trinajstić information content (AvgIpc) is 3.54. The molecule has 3 N–H and O–H groups in total. The van der Waals surface area contributed by atoms with Crippen molar-refractivity contribution in [3.05, 3.63) is 60.5 Å². The highest BCUT2D eigenvalue weighted by Gasteiger charge is 2.24. The molecule has 2 saturated heterocycles. The van der Waals surface area contributed by atoms with Crippen molar-refractivity contribution in [2.24, 2.45) is 0 Å². The van der Waals surface area contributed by atoms with Gasteiger partial charge in [0.15, 0.2) is 5.65 Å². The molecular weight excluding hydrogens is 457 g/mol. The summed E-state index contributed by atoms with van der Waals surface area (Å²) in [5.41, 5.74) is 4.41. The minimum atomic E-state index is -0.271. The van der Waals surface area contributed by atoms with Gasteiger partial charge in [0.05, 0.1) is 12.2 Å². The van der Waals surface area contributed by atoms with Gasteiger partial charge in [0.1, 0.15) is 11.3 Å². The number of imidazole rings is 1. The predicted molar refractivity (Wildman–Crippen MR) is 141 cm³/mol. The Kier molecular flexibility index (Phi) is 6.12. The standard InChI is InChI=1S/C26H30FN9/c1-34-12-14-35(15-13-34)21-8-6-19(7-9-21)30-25-29-17-23-24(33-25)36(22-10-11-28-16-22)26(32-23)31-20-4-2-18(27)3-5-20/h2-9,17,22,28H,10-16H2,1H3,(H,31,32)(H,29,30,33)/t22-/m1/s1. The summed E-state index contributed by atoms with van der Waals surface area (Å²) in [5.74, 6) is 0.927. The number of aromatic nitrogens is 4. The van der Waals surface area contributed by atoms with Gasteiger partial charge in [-0.25, -0.2) is 14.4 Å². The fourth-order valence-electron chi connectivity index (χ4n) is 4.86. The van der Waals surface area contributed by atoms with E-state index in [4.69, 9.17) is 9.97 Å². The molecule has 0 radical (unpaired) electrons. The normalized spacial score (nSPS) is 18.6. The van der Waals surface area contributed by atoms with Gasteiger partial charge in [0.2, 0.25) is 11.9 Å². The molecule has 0 saturated carbocycles. The van der Waals surface area contributed by atoms with Crippen LogP contribution in [0.2, 0.25) is 0 Å². The molecule has 2 aliphatic rings. The molecule has 0 bridgehead atoms. The third kappa shape index (κ3) is 4.69. The van der Waals surface area contributed by atoms with E-state index in [1.54, 1.807) is 18.3 Å². The number of benzene rings is 2. The van der Waals surface area contributed by atoms with Gasteiger partial charge in [-0.3, -0.25) is 4.57 Å². The number of rotatable bonds is 6. The number of hydrogen-bond donors (Lipinski definition) is 3. The summed E-state index contributed by atoms with van der Waals surface area (Å²) in [6.45, 7) is 6.01. The van der Waals surface area contributed by atoms with Crippen molar-refractivity contribution in [2.75, 3.05) is 61.8 Å². The van der Waals surface area contributed by atoms with Crippen LogP contribution in [0, 0.1) is 5.82 Å². The maximum absolute atomic E-state index is 13.4. The second-order valence-electron chi connectivity index (χ2n) is 9.45. The molecule has 2 fully saturated rings. The first-order valence-corrected chi connectivity index (χ1v) is 12.4. The van der Waals surface area contributed by atoms with Crippen LogP contribution in [0.25, 0.3) is 11.2 Å². The number of halogens is 1. The molecular formula is C26H30FN9. The van der Waals surface area contributed by atoms with Gasteiger partial charge < -0.3 is 25.8 Å². The second-order valence-corrected chi connectivity index (χ2v) is 9.45. The van der Waals surface area contributed by atoms with Crippen molar-refractivity contribution in [3.8, 4) is 0 Å². The minimum absolute atomic E-state index is 0.212. The van der Waals surface area contributed by atoms with Crippen LogP contribution in [0.5, 0.6) is 0 Å². The molecule has 2 aliphatic heterocycles. The van der Waals surface area contributed by atoms with Crippen LogP contribution >= 0.6 is 0 Å². The number of nitrogens with zero attached hydrogens (tertiary/aromatic N) is 6. The highest BCUT2D eigenvalue weighted by molar-refractivity contribution is 5.77. The average molecular weight is 488 g/mol. The Bertz CT molecular complexity index is 1320. The SMILES string of the molecule is CN1CCN(c2ccc(Nc3ncc4nc(Nc5ccc(F)cc5)n([C@@H]5CCNC5)c4n3)cc2)CC1. The van der Waals surface area contributed by atoms with Gasteiger partial charge in [0.25, 0.3) is 0 Å². The van der Waals surface area contributed by atoms with Gasteiger partial charge >= 0.3 is 0 Å². The van der Waals surface area contributed by atoms with Gasteiger partial charge in [-0.15, -0.1) is 0 Å². The Morgan fingerprint density at radius 1 is 0.917 bits per heavy atom. The summed E-state index contributed by atoms with van der Waals surface area (Å²) in [7, 11) is 2.16. The molecule has 4 aromatic rings. The lowest BCUT2D eigenvalue weighted by molar-refractivity contribution is 0.313. The lowest BCUT2D eigenvalue weighted by Gasteiger charge is -2.34. The Hall–Kier alpha value is -3.76. The fourth-order valence-corrected chi connectivity index (χ4v) is 4.86. The van der Waals surface area contributed by atoms with E-state index in [-0.39, 0.29) is 11.9 Å². The number of nitrogens with one attached hydrogen (secondary N) is 3. The summed E-state index contributed by atoms with van der Waals surface area (Å²) in [6.07, 6.45) is 2.72. The smallest absolute Gasteiger partial charge is 0.229 e. The molecule has 10 heteroatoms. The molecule has 186 valence electrons. The Balaban J connectivity index is 1.26. The van der Waals surface area contributed by atoms with E-state index in [9.17, 15) is 4.39 Å². The Labute approximate surface area is 209 Å². The lowest BCUT2D eigenvalue weighted by Crippen LogP contribution is -2.44. The Morgan fingerprint density at radius 3 is 2.36 bits per heavy atom. The molecule has 1 atom stereocenters. The maximum Gasteiger partial charge on any atom is 0.229 e. The fraction of sp³-hybridized carbons (Fsp3) is 0.346. The lowest BCUT2D eigenvalue weighted by atomic mass is 10.2. The summed E-state index contributed by atoms with van der Waals surface area (Å²) >= 11 is 0. The summed E-state index contributed by atoms with van der Waals surface area (Å²) in [5, 5.41) is 10.1. The van der Waals surface area contributed by atoms with E-state index in [0.717, 1.165) is 62.7 Å². The van der Waals surface area contributed by atoms with E-state index in [0.29, 0.717) is 17.4 Å². The van der Waals surface area contributed by atoms with E-state index < -0.39 is 0 Å². The van der Waals surface area contributed by atoms with E-state index in [1.165, 1.54) is 17.8 Å². The molecule has 0 spiro atoms. The summed E-state index contributed by atoms with van der Waals surface area (Å²) in [4.78, 5) is 18.9. The number of piperazine rings is 1. The van der Waals surface area contributed by atoms with Crippen molar-refractivity contribution in [2.45, 2.75) is 12.5 Å². The summed E-state index contributed by atoms with van der Waals surface area (Å²) < 4.78 is 15.5. The first-order valence-electron chi connectivity index (χ1n) is 12.4. The molecule has 0 amide bonds. The molecule has 6 rings (SSSR count). The van der Waals surface area contributed by atoms with Crippen molar-refractivity contribution < 1.29 is 4.39 Å². The molecule has 0 aliphatic carbocycles. The van der Waals surface area contributed by atoms with Crippen molar-refractivity contribution >= 4 is 40.1 Å². The summed E-state index contributed by atoms with van der Waals surface area (Å²) in [6, 6.07) is 14.9. The monoisotopic (exact) mass is 487 g/mol. The van der Waals surface area contributed by atoms with Crippen LogP contribution in [-0.2, 0) is 0 Å². The first kappa shape index (κ1) is 22.7. The largest absolute Gasteiger partial charge is 0.369 e. The third-order valence-corrected chi connectivity index (χ3v) is 6.92. The molecule has 2 aromatic heterocycles. The molecule has 0 unspecified atom stereocenters. The zero-order valence-electron chi connectivity index (χ0n) is 20.3. The van der Waals surface area contributed by atoms with Gasteiger partial charge in [-0.1, -0.05) is 0 Å². The van der Waals surface area contributed by atoms with Gasteiger partial charge in [-0.05, 0) is 68.5 Å². The third-order valence-electron chi connectivity index (χ3n) is 6.92. The van der Waals surface area contributed by atoms with Gasteiger partial charge in [-0.2, -0.15) is 4.98 Å². The number of anilines is 5. The number of hydrogen-bond acceptors (Lipinski definition) is 8. The van der Waals surface area contributed by atoms with E-state index in [2.05, 4.69) is 66.6 Å².